The van der Waals surface area contributed by atoms with E-state index in [4.69, 9.17) is 24.0 Å². The average molecular weight is 610 g/mol. The molecule has 10 heteroatoms. The third-order valence-electron chi connectivity index (χ3n) is 7.16. The zero-order chi connectivity index (χ0) is 32.2. The number of benzene rings is 4. The highest BCUT2D eigenvalue weighted by Gasteiger charge is 2.27. The van der Waals surface area contributed by atoms with Gasteiger partial charge in [-0.25, -0.2) is 4.39 Å². The number of esters is 1. The lowest BCUT2D eigenvalue weighted by Crippen LogP contribution is -2.13. The first-order chi connectivity index (χ1) is 21.6. The van der Waals surface area contributed by atoms with Gasteiger partial charge in [-0.2, -0.15) is 9.78 Å². The molecule has 9 nitrogen and oxygen atoms in total. The summed E-state index contributed by atoms with van der Waals surface area (Å²) in [4.78, 5) is 25.2. The molecule has 0 unspecified atom stereocenters. The molecule has 0 radical (unpaired) electrons. The van der Waals surface area contributed by atoms with Crippen molar-refractivity contribution in [2.45, 2.75) is 20.8 Å². The van der Waals surface area contributed by atoms with E-state index in [2.05, 4.69) is 5.32 Å². The van der Waals surface area contributed by atoms with Crippen molar-refractivity contribution in [1.82, 2.24) is 9.78 Å². The highest BCUT2D eigenvalue weighted by molar-refractivity contribution is 6.04. The van der Waals surface area contributed by atoms with Crippen molar-refractivity contribution >= 4 is 17.6 Å². The van der Waals surface area contributed by atoms with Gasteiger partial charge in [-0.3, -0.25) is 9.59 Å². The molecule has 0 saturated carbocycles. The van der Waals surface area contributed by atoms with Gasteiger partial charge in [0, 0.05) is 18.2 Å². The molecule has 0 bridgehead atoms. The van der Waals surface area contributed by atoms with Gasteiger partial charge in [0.05, 0.1) is 38.1 Å². The van der Waals surface area contributed by atoms with Crippen molar-refractivity contribution in [3.8, 4) is 51.2 Å². The first-order valence-corrected chi connectivity index (χ1v) is 14.0. The van der Waals surface area contributed by atoms with Crippen LogP contribution in [0.2, 0.25) is 0 Å². The van der Waals surface area contributed by atoms with Gasteiger partial charge in [-0.1, -0.05) is 36.4 Å². The van der Waals surface area contributed by atoms with Crippen LogP contribution in [-0.2, 0) is 4.79 Å². The molecule has 0 spiro atoms. The number of amides is 1. The van der Waals surface area contributed by atoms with Crippen LogP contribution in [0, 0.1) is 19.7 Å². The minimum Gasteiger partial charge on any atom is -0.493 e. The lowest BCUT2D eigenvalue weighted by atomic mass is 10.00. The molecular formula is C35H32FN3O6. The van der Waals surface area contributed by atoms with Crippen LogP contribution in [0.25, 0.3) is 28.1 Å². The lowest BCUT2D eigenvalue weighted by Gasteiger charge is -2.14. The highest BCUT2D eigenvalue weighted by Crippen LogP contribution is 2.46. The van der Waals surface area contributed by atoms with E-state index in [1.165, 1.54) is 46.5 Å². The Bertz CT molecular complexity index is 1870. The Hall–Kier alpha value is -5.64. The van der Waals surface area contributed by atoms with Gasteiger partial charge >= 0.3 is 5.97 Å². The van der Waals surface area contributed by atoms with Crippen molar-refractivity contribution in [1.29, 1.82) is 0 Å². The molecule has 0 aliphatic carbocycles. The molecule has 0 saturated heterocycles. The number of rotatable bonds is 9. The fourth-order valence-corrected chi connectivity index (χ4v) is 4.99. The molecule has 0 aliphatic heterocycles. The SMILES string of the molecule is COc1cc(-c2nn(-c3cc(C)ccc3C)c(OC(C)=O)c2-c2ccc(NC(=O)c3ccccc3F)cc2)cc(OC)c1OC. The van der Waals surface area contributed by atoms with Crippen LogP contribution in [0.5, 0.6) is 23.1 Å². The summed E-state index contributed by atoms with van der Waals surface area (Å²) in [6, 6.07) is 22.1. The summed E-state index contributed by atoms with van der Waals surface area (Å²) < 4.78 is 38.4. The van der Waals surface area contributed by atoms with Gasteiger partial charge in [0.25, 0.3) is 5.91 Å². The molecule has 230 valence electrons. The van der Waals surface area contributed by atoms with Gasteiger partial charge in [-0.15, -0.1) is 0 Å². The summed E-state index contributed by atoms with van der Waals surface area (Å²) in [5.74, 6) is -0.294. The number of halogens is 1. The minimum absolute atomic E-state index is 0.0711. The maximum atomic E-state index is 14.2. The van der Waals surface area contributed by atoms with Gasteiger partial charge in [0.2, 0.25) is 11.6 Å². The standard InChI is InChI=1S/C35H32FN3O6/c1-20-11-12-21(2)28(17-20)39-35(45-22(3)40)31(32(38-39)24-18-29(42-4)33(44-6)30(19-24)43-5)23-13-15-25(16-14-23)37-34(41)26-9-7-8-10-27(26)36/h7-19H,1-6H3,(H,37,41). The van der Waals surface area contributed by atoms with Gasteiger partial charge in [-0.05, 0) is 73.0 Å². The van der Waals surface area contributed by atoms with Crippen LogP contribution in [0.1, 0.15) is 28.4 Å². The Labute approximate surface area is 260 Å². The van der Waals surface area contributed by atoms with Gasteiger partial charge in [0.15, 0.2) is 11.5 Å². The molecule has 1 amide bonds. The number of aromatic nitrogens is 2. The molecule has 5 aromatic rings. The van der Waals surface area contributed by atoms with E-state index in [0.29, 0.717) is 45.3 Å². The van der Waals surface area contributed by atoms with E-state index in [9.17, 15) is 14.0 Å². The van der Waals surface area contributed by atoms with Crippen molar-refractivity contribution in [2.75, 3.05) is 26.6 Å². The second kappa shape index (κ2) is 12.9. The minimum atomic E-state index is -0.619. The average Bonchev–Trinajstić information content (AvgIpc) is 3.39. The number of carbonyl (C=O) groups excluding carboxylic acids is 2. The molecule has 1 N–H and O–H groups in total. The van der Waals surface area contributed by atoms with Gasteiger partial charge in [0.1, 0.15) is 11.5 Å². The zero-order valence-electron chi connectivity index (χ0n) is 25.7. The summed E-state index contributed by atoms with van der Waals surface area (Å²) in [5, 5.41) is 7.71. The number of nitrogens with zero attached hydrogens (tertiary/aromatic N) is 2. The fourth-order valence-electron chi connectivity index (χ4n) is 4.99. The number of anilines is 1. The van der Waals surface area contributed by atoms with Crippen molar-refractivity contribution in [3.05, 3.63) is 101 Å². The smallest absolute Gasteiger partial charge is 0.309 e. The van der Waals surface area contributed by atoms with Crippen LogP contribution in [-0.4, -0.2) is 43.0 Å². The summed E-state index contributed by atoms with van der Waals surface area (Å²) in [7, 11) is 4.57. The van der Waals surface area contributed by atoms with E-state index in [0.717, 1.165) is 16.8 Å². The van der Waals surface area contributed by atoms with Crippen LogP contribution >= 0.6 is 0 Å². The van der Waals surface area contributed by atoms with Crippen LogP contribution < -0.4 is 24.3 Å². The quantitative estimate of drug-likeness (QED) is 0.177. The maximum Gasteiger partial charge on any atom is 0.309 e. The van der Waals surface area contributed by atoms with E-state index in [-0.39, 0.29) is 11.4 Å². The number of hydrogen-bond acceptors (Lipinski definition) is 7. The van der Waals surface area contributed by atoms with Crippen LogP contribution in [0.4, 0.5) is 10.1 Å². The van der Waals surface area contributed by atoms with Crippen LogP contribution in [0.15, 0.2) is 78.9 Å². The number of nitrogens with one attached hydrogen (secondary N) is 1. The van der Waals surface area contributed by atoms with E-state index < -0.39 is 17.7 Å². The number of carbonyl (C=O) groups is 2. The number of methoxy groups -OCH3 is 3. The Morgan fingerprint density at radius 2 is 1.49 bits per heavy atom. The second-order valence-electron chi connectivity index (χ2n) is 10.2. The Morgan fingerprint density at radius 3 is 2.09 bits per heavy atom. The highest BCUT2D eigenvalue weighted by atomic mass is 19.1. The molecule has 45 heavy (non-hydrogen) atoms. The molecule has 4 aromatic carbocycles. The normalized spacial score (nSPS) is 10.7. The lowest BCUT2D eigenvalue weighted by molar-refractivity contribution is -0.132. The topological polar surface area (TPSA) is 101 Å². The fraction of sp³-hybridized carbons (Fsp3) is 0.171. The zero-order valence-corrected chi connectivity index (χ0v) is 25.7. The molecular weight excluding hydrogens is 577 g/mol. The first-order valence-electron chi connectivity index (χ1n) is 14.0. The Kier molecular flexibility index (Phi) is 8.85. The monoisotopic (exact) mass is 609 g/mol. The molecule has 1 aromatic heterocycles. The predicted octanol–water partition coefficient (Wildman–Crippen LogP) is 7.17. The Morgan fingerprint density at radius 1 is 0.822 bits per heavy atom. The molecule has 1 heterocycles. The van der Waals surface area contributed by atoms with Crippen molar-refractivity contribution < 1.29 is 32.9 Å². The second-order valence-corrected chi connectivity index (χ2v) is 10.2. The number of hydrogen-bond donors (Lipinski definition) is 1. The van der Waals surface area contributed by atoms with E-state index in [1.54, 1.807) is 47.1 Å². The third kappa shape index (κ3) is 6.21. The summed E-state index contributed by atoms with van der Waals surface area (Å²) in [6.45, 7) is 5.23. The van der Waals surface area contributed by atoms with E-state index >= 15 is 0 Å². The van der Waals surface area contributed by atoms with E-state index in [1.807, 2.05) is 32.0 Å². The molecule has 0 aliphatic rings. The van der Waals surface area contributed by atoms with Gasteiger partial charge < -0.3 is 24.3 Å². The molecule has 0 fully saturated rings. The van der Waals surface area contributed by atoms with Crippen LogP contribution in [0.3, 0.4) is 0 Å². The summed E-state index contributed by atoms with van der Waals surface area (Å²) in [6.07, 6.45) is 0. The largest absolute Gasteiger partial charge is 0.493 e. The Balaban J connectivity index is 1.72. The summed E-state index contributed by atoms with van der Waals surface area (Å²) in [5.41, 5.74) is 5.21. The number of ether oxygens (including phenoxy) is 4. The molecule has 5 rings (SSSR count). The maximum absolute atomic E-state index is 14.2. The van der Waals surface area contributed by atoms with Crippen molar-refractivity contribution in [2.24, 2.45) is 0 Å². The third-order valence-corrected chi connectivity index (χ3v) is 7.16. The first kappa shape index (κ1) is 30.8. The predicted molar refractivity (Wildman–Crippen MR) is 169 cm³/mol. The van der Waals surface area contributed by atoms with Crippen molar-refractivity contribution in [3.63, 3.8) is 0 Å². The molecule has 0 atom stereocenters. The number of aryl methyl sites for hydroxylation is 2. The summed E-state index contributed by atoms with van der Waals surface area (Å²) >= 11 is 0.